The van der Waals surface area contributed by atoms with E-state index >= 15 is 0 Å². The molecule has 0 aromatic heterocycles. The average Bonchev–Trinajstić information content (AvgIpc) is 2.73. The third kappa shape index (κ3) is 7.57. The maximum atomic E-state index is 11.1. The van der Waals surface area contributed by atoms with Gasteiger partial charge in [0.2, 0.25) is 0 Å². The van der Waals surface area contributed by atoms with Crippen LogP contribution in [-0.4, -0.2) is 12.0 Å². The zero-order valence-electron chi connectivity index (χ0n) is 17.0. The fourth-order valence-electron chi connectivity index (χ4n) is 2.75. The maximum absolute atomic E-state index is 11.1. The molecule has 0 spiro atoms. The van der Waals surface area contributed by atoms with E-state index in [1.54, 1.807) is 0 Å². The first-order chi connectivity index (χ1) is 14.0. The number of azo groups is 1. The molecule has 0 aliphatic heterocycles. The fraction of sp³-hybridized carbons (Fsp3) is 0.143. The standard InChI is InChI=1S/C21H18Cl2N3O2S.Na.H2O/c1-2-26(14-15-6-4-3-5-7-15)17-10-8-16(9-11-17)24-25-20-12-19(23)21(29(27)28)13-18(20)22;;/h3-13H,2,14H2,1H3;;1H2/q-1;+1;/p-1. The van der Waals surface area contributed by atoms with Gasteiger partial charge in [-0.3, -0.25) is 0 Å². The molecule has 3 rings (SSSR count). The van der Waals surface area contributed by atoms with Crippen molar-refractivity contribution in [1.82, 2.24) is 0 Å². The van der Waals surface area contributed by atoms with Crippen molar-refractivity contribution < 1.29 is 43.5 Å². The zero-order valence-corrected chi connectivity index (χ0v) is 21.4. The maximum Gasteiger partial charge on any atom is 1.00 e. The SMILES string of the molecule is CCN(Cc1ccccc1)c1ccc(N=Nc2cc(Cl)c([S-](=O)=O)cc2Cl)cc1.[Na+].[OH-]. The van der Waals surface area contributed by atoms with Gasteiger partial charge >= 0.3 is 29.6 Å². The van der Waals surface area contributed by atoms with Gasteiger partial charge in [-0.1, -0.05) is 64.5 Å². The van der Waals surface area contributed by atoms with Gasteiger partial charge in [-0.15, -0.1) is 5.11 Å². The predicted molar refractivity (Wildman–Crippen MR) is 119 cm³/mol. The summed E-state index contributed by atoms with van der Waals surface area (Å²) < 4.78 is 22.2. The van der Waals surface area contributed by atoms with Gasteiger partial charge in [-0.05, 0) is 53.5 Å². The Kier molecular flexibility index (Phi) is 11.7. The summed E-state index contributed by atoms with van der Waals surface area (Å²) in [6.07, 6.45) is 0. The van der Waals surface area contributed by atoms with E-state index in [0.29, 0.717) is 11.4 Å². The van der Waals surface area contributed by atoms with Crippen LogP contribution in [0, 0.1) is 0 Å². The van der Waals surface area contributed by atoms with Gasteiger partial charge in [0.15, 0.2) is 0 Å². The van der Waals surface area contributed by atoms with Crippen LogP contribution in [0.25, 0.3) is 0 Å². The minimum atomic E-state index is -2.47. The quantitative estimate of drug-likeness (QED) is 0.287. The molecule has 3 aromatic carbocycles. The van der Waals surface area contributed by atoms with E-state index < -0.39 is 10.7 Å². The second-order valence-electron chi connectivity index (χ2n) is 6.18. The Labute approximate surface area is 215 Å². The minimum Gasteiger partial charge on any atom is -0.870 e. The molecule has 3 aromatic rings. The van der Waals surface area contributed by atoms with Gasteiger partial charge in [-0.25, -0.2) is 0 Å². The summed E-state index contributed by atoms with van der Waals surface area (Å²) in [4.78, 5) is 2.19. The molecular weight excluding hydrogens is 468 g/mol. The normalized spacial score (nSPS) is 10.6. The van der Waals surface area contributed by atoms with E-state index in [9.17, 15) is 8.42 Å². The number of halogens is 2. The van der Waals surface area contributed by atoms with Crippen molar-refractivity contribution in [1.29, 1.82) is 0 Å². The van der Waals surface area contributed by atoms with Gasteiger partial charge in [0.25, 0.3) is 0 Å². The predicted octanol–water partition coefficient (Wildman–Crippen LogP) is 3.93. The van der Waals surface area contributed by atoms with Crippen molar-refractivity contribution >= 4 is 51.0 Å². The van der Waals surface area contributed by atoms with E-state index in [4.69, 9.17) is 23.2 Å². The Bertz CT molecular complexity index is 1090. The van der Waals surface area contributed by atoms with E-state index in [1.165, 1.54) is 17.7 Å². The molecule has 0 radical (unpaired) electrons. The number of benzene rings is 3. The van der Waals surface area contributed by atoms with Crippen LogP contribution < -0.4 is 34.5 Å². The number of hydrogen-bond acceptors (Lipinski definition) is 7. The topological polar surface area (TPSA) is 92.1 Å². The Balaban J connectivity index is 0.00000240. The van der Waals surface area contributed by atoms with Crippen LogP contribution in [0.4, 0.5) is 17.1 Å². The number of rotatable bonds is 7. The summed E-state index contributed by atoms with van der Waals surface area (Å²) in [6.45, 7) is 3.80. The molecule has 0 aliphatic carbocycles. The molecule has 0 amide bonds. The van der Waals surface area contributed by atoms with Gasteiger partial charge < -0.3 is 18.8 Å². The molecule has 158 valence electrons. The van der Waals surface area contributed by atoms with Crippen molar-refractivity contribution in [3.63, 3.8) is 0 Å². The average molecular weight is 487 g/mol. The van der Waals surface area contributed by atoms with Crippen LogP contribution in [-0.2, 0) is 25.7 Å². The Hall–Kier alpha value is -1.45. The third-order valence-corrected chi connectivity index (χ3v) is 5.69. The van der Waals surface area contributed by atoms with Gasteiger partial charge in [-0.2, -0.15) is 5.11 Å². The Morgan fingerprint density at radius 2 is 1.55 bits per heavy atom. The molecule has 0 atom stereocenters. The Morgan fingerprint density at radius 3 is 2.13 bits per heavy atom. The fourth-order valence-corrected chi connectivity index (χ4v) is 3.80. The van der Waals surface area contributed by atoms with Crippen molar-refractivity contribution in [2.24, 2.45) is 10.2 Å². The van der Waals surface area contributed by atoms with Crippen LogP contribution in [0.15, 0.2) is 81.9 Å². The van der Waals surface area contributed by atoms with Crippen molar-refractivity contribution in [2.45, 2.75) is 18.4 Å². The van der Waals surface area contributed by atoms with Crippen molar-refractivity contribution in [3.8, 4) is 0 Å². The van der Waals surface area contributed by atoms with Crippen LogP contribution in [0.3, 0.4) is 0 Å². The van der Waals surface area contributed by atoms with Gasteiger partial charge in [0.05, 0.1) is 10.7 Å². The number of anilines is 1. The molecule has 0 bridgehead atoms. The van der Waals surface area contributed by atoms with Gasteiger partial charge in [0, 0.05) is 23.8 Å². The van der Waals surface area contributed by atoms with Crippen molar-refractivity contribution in [2.75, 3.05) is 11.4 Å². The first kappa shape index (κ1) is 27.6. The van der Waals surface area contributed by atoms with Crippen LogP contribution in [0.1, 0.15) is 12.5 Å². The van der Waals surface area contributed by atoms with Gasteiger partial charge in [0.1, 0.15) is 5.69 Å². The van der Waals surface area contributed by atoms with E-state index in [0.717, 1.165) is 18.8 Å². The molecule has 0 saturated heterocycles. The summed E-state index contributed by atoms with van der Waals surface area (Å²) in [6, 6.07) is 20.6. The van der Waals surface area contributed by atoms with Crippen LogP contribution in [0.5, 0.6) is 0 Å². The summed E-state index contributed by atoms with van der Waals surface area (Å²) in [5.41, 5.74) is 3.27. The largest absolute Gasteiger partial charge is 1.00 e. The Morgan fingerprint density at radius 1 is 0.903 bits per heavy atom. The smallest absolute Gasteiger partial charge is 0.870 e. The molecule has 0 fully saturated rings. The first-order valence-corrected chi connectivity index (χ1v) is 10.7. The molecule has 0 aliphatic rings. The second-order valence-corrected chi connectivity index (χ2v) is 7.91. The summed E-state index contributed by atoms with van der Waals surface area (Å²) in [5.74, 6) is 0. The molecule has 31 heavy (non-hydrogen) atoms. The molecule has 10 heteroatoms. The van der Waals surface area contributed by atoms with E-state index in [1.807, 2.05) is 42.5 Å². The minimum absolute atomic E-state index is 0. The van der Waals surface area contributed by atoms with E-state index in [-0.39, 0.29) is 50.0 Å². The molecule has 0 saturated carbocycles. The molecule has 0 heterocycles. The summed E-state index contributed by atoms with van der Waals surface area (Å²) in [7, 11) is -2.47. The number of nitrogens with zero attached hydrogens (tertiary/aromatic N) is 3. The monoisotopic (exact) mass is 486 g/mol. The van der Waals surface area contributed by atoms with Crippen LogP contribution >= 0.6 is 23.2 Å². The number of hydrogen-bond donors (Lipinski definition) is 0. The first-order valence-electron chi connectivity index (χ1n) is 8.87. The van der Waals surface area contributed by atoms with E-state index in [2.05, 4.69) is 34.2 Å². The molecule has 6 nitrogen and oxygen atoms in total. The summed E-state index contributed by atoms with van der Waals surface area (Å²) in [5, 5.41) is 8.48. The van der Waals surface area contributed by atoms with Crippen molar-refractivity contribution in [3.05, 3.63) is 82.3 Å². The molecular formula is C21H19Cl2N3NaO3S-. The zero-order chi connectivity index (χ0) is 20.8. The van der Waals surface area contributed by atoms with Crippen LogP contribution in [0.2, 0.25) is 10.0 Å². The molecule has 1 N–H and O–H groups in total. The summed E-state index contributed by atoms with van der Waals surface area (Å²) >= 11 is 12.0. The second kappa shape index (κ2) is 13.2. The molecule has 0 unspecified atom stereocenters. The third-order valence-electron chi connectivity index (χ3n) is 4.27.